The van der Waals surface area contributed by atoms with Crippen LogP contribution in [0.5, 0.6) is 5.75 Å². The summed E-state index contributed by atoms with van der Waals surface area (Å²) in [5, 5.41) is 8.22. The number of thioether (sulfide) groups is 1. The zero-order valence-electron chi connectivity index (χ0n) is 10.5. The number of carbonyl (C=O) groups excluding carboxylic acids is 2. The van der Waals surface area contributed by atoms with Crippen molar-refractivity contribution in [2.75, 3.05) is 13.7 Å². The molecule has 0 aromatic heterocycles. The summed E-state index contributed by atoms with van der Waals surface area (Å²) in [7, 11) is 1.42. The van der Waals surface area contributed by atoms with Crippen LogP contribution in [0.4, 0.5) is 4.79 Å². The molecule has 0 saturated carbocycles. The molecule has 1 heterocycles. The number of imide groups is 1. The summed E-state index contributed by atoms with van der Waals surface area (Å²) in [5.41, 5.74) is 0.659. The van der Waals surface area contributed by atoms with E-state index in [0.29, 0.717) is 16.2 Å². The Labute approximate surface area is 119 Å². The Bertz CT molecular complexity index is 611. The van der Waals surface area contributed by atoms with Gasteiger partial charge < -0.3 is 9.84 Å². The van der Waals surface area contributed by atoms with Gasteiger partial charge in [-0.05, 0) is 35.5 Å². The number of hydrogen-bond acceptors (Lipinski definition) is 5. The molecule has 1 aliphatic heterocycles. The molecule has 1 N–H and O–H groups in total. The number of carboxylic acid groups (broad SMARTS) is 1. The van der Waals surface area contributed by atoms with Crippen molar-refractivity contribution in [1.82, 2.24) is 4.90 Å². The Hall–Kier alpha value is -2.28. The van der Waals surface area contributed by atoms with Crippen molar-refractivity contribution in [2.45, 2.75) is 0 Å². The molecule has 0 atom stereocenters. The van der Waals surface area contributed by atoms with Crippen LogP contribution in [-0.2, 0) is 9.59 Å². The fraction of sp³-hybridized carbons (Fsp3) is 0.154. The molecular formula is C13H11NO5S. The molecule has 6 nitrogen and oxygen atoms in total. The van der Waals surface area contributed by atoms with Gasteiger partial charge >= 0.3 is 5.97 Å². The normalized spacial score (nSPS) is 16.9. The molecule has 0 aliphatic carbocycles. The molecule has 104 valence electrons. The molecule has 0 bridgehead atoms. The minimum atomic E-state index is -1.07. The average molecular weight is 293 g/mol. The van der Waals surface area contributed by atoms with Gasteiger partial charge in [0.25, 0.3) is 11.1 Å². The Balaban J connectivity index is 2.18. The smallest absolute Gasteiger partial charge is 0.341 e. The van der Waals surface area contributed by atoms with E-state index in [4.69, 9.17) is 9.84 Å². The van der Waals surface area contributed by atoms with Gasteiger partial charge in [-0.3, -0.25) is 14.5 Å². The maximum Gasteiger partial charge on any atom is 0.341 e. The zero-order valence-corrected chi connectivity index (χ0v) is 11.3. The summed E-state index contributed by atoms with van der Waals surface area (Å²) in [6.07, 6.45) is 1.57. The highest BCUT2D eigenvalue weighted by atomic mass is 32.2. The highest BCUT2D eigenvalue weighted by Crippen LogP contribution is 2.31. The number of amides is 2. The van der Waals surface area contributed by atoms with Crippen molar-refractivity contribution in [1.29, 1.82) is 0 Å². The molecule has 1 aromatic rings. The van der Waals surface area contributed by atoms with Gasteiger partial charge in [0.2, 0.25) is 0 Å². The molecule has 2 amide bonds. The largest absolute Gasteiger partial charge is 0.482 e. The van der Waals surface area contributed by atoms with Crippen molar-refractivity contribution in [3.8, 4) is 5.75 Å². The lowest BCUT2D eigenvalue weighted by atomic mass is 10.2. The van der Waals surface area contributed by atoms with E-state index in [2.05, 4.69) is 0 Å². The molecule has 20 heavy (non-hydrogen) atoms. The molecular weight excluding hydrogens is 282 g/mol. The predicted molar refractivity (Wildman–Crippen MR) is 73.3 cm³/mol. The van der Waals surface area contributed by atoms with Crippen LogP contribution in [0.3, 0.4) is 0 Å². The summed E-state index contributed by atoms with van der Waals surface area (Å²) in [6.45, 7) is -0.436. The van der Waals surface area contributed by atoms with Crippen molar-refractivity contribution in [2.24, 2.45) is 0 Å². The lowest BCUT2D eigenvalue weighted by molar-refractivity contribution is -0.139. The second-order valence-electron chi connectivity index (χ2n) is 4.00. The number of rotatable bonds is 4. The van der Waals surface area contributed by atoms with Crippen LogP contribution in [0.25, 0.3) is 6.08 Å². The van der Waals surface area contributed by atoms with E-state index >= 15 is 0 Å². The lowest BCUT2D eigenvalue weighted by Gasteiger charge is -2.04. The lowest BCUT2D eigenvalue weighted by Crippen LogP contribution is -2.22. The summed E-state index contributed by atoms with van der Waals surface area (Å²) < 4.78 is 5.04. The van der Waals surface area contributed by atoms with Gasteiger partial charge in [-0.15, -0.1) is 0 Å². The first-order chi connectivity index (χ1) is 9.47. The second kappa shape index (κ2) is 5.79. The van der Waals surface area contributed by atoms with E-state index in [1.807, 2.05) is 0 Å². The second-order valence-corrected chi connectivity index (χ2v) is 4.99. The Kier molecular flexibility index (Phi) is 4.09. The third kappa shape index (κ3) is 3.18. The van der Waals surface area contributed by atoms with Crippen LogP contribution >= 0.6 is 11.8 Å². The van der Waals surface area contributed by atoms with E-state index in [-0.39, 0.29) is 11.1 Å². The molecule has 1 fully saturated rings. The van der Waals surface area contributed by atoms with Gasteiger partial charge in [0, 0.05) is 7.05 Å². The van der Waals surface area contributed by atoms with E-state index in [9.17, 15) is 14.4 Å². The quantitative estimate of drug-likeness (QED) is 0.852. The predicted octanol–water partition coefficient (Wildman–Crippen LogP) is 1.82. The molecule has 0 spiro atoms. The molecule has 1 saturated heterocycles. The highest BCUT2D eigenvalue weighted by molar-refractivity contribution is 8.18. The number of nitrogens with zero attached hydrogens (tertiary/aromatic N) is 1. The van der Waals surface area contributed by atoms with Gasteiger partial charge in [-0.25, -0.2) is 4.79 Å². The number of ether oxygens (including phenoxy) is 1. The summed E-state index contributed by atoms with van der Waals surface area (Å²) >= 11 is 0.864. The van der Waals surface area contributed by atoms with E-state index in [1.54, 1.807) is 30.3 Å². The topological polar surface area (TPSA) is 83.9 Å². The Morgan fingerprint density at radius 2 is 2.20 bits per heavy atom. The van der Waals surface area contributed by atoms with Gasteiger partial charge in [-0.1, -0.05) is 12.1 Å². The van der Waals surface area contributed by atoms with E-state index in [1.165, 1.54) is 7.05 Å². The fourth-order valence-electron chi connectivity index (χ4n) is 1.54. The first kappa shape index (κ1) is 14.1. The van der Waals surface area contributed by atoms with E-state index < -0.39 is 12.6 Å². The number of carboxylic acids is 1. The number of carbonyl (C=O) groups is 3. The Morgan fingerprint density at radius 1 is 1.45 bits per heavy atom. The van der Waals surface area contributed by atoms with Crippen LogP contribution in [0.1, 0.15) is 5.56 Å². The first-order valence-corrected chi connectivity index (χ1v) is 6.45. The van der Waals surface area contributed by atoms with Gasteiger partial charge in [0.1, 0.15) is 5.75 Å². The van der Waals surface area contributed by atoms with Crippen molar-refractivity contribution in [3.63, 3.8) is 0 Å². The SMILES string of the molecule is CN1C(=O)S/C(=C/c2cccc(OCC(=O)O)c2)C1=O. The average Bonchev–Trinajstić information content (AvgIpc) is 2.65. The van der Waals surface area contributed by atoms with Crippen molar-refractivity contribution in [3.05, 3.63) is 34.7 Å². The molecule has 1 aliphatic rings. The number of likely N-dealkylation sites (N-methyl/N-ethyl adjacent to an activating group) is 1. The van der Waals surface area contributed by atoms with Gasteiger partial charge in [0.05, 0.1) is 4.91 Å². The fourth-order valence-corrected chi connectivity index (χ4v) is 2.36. The summed E-state index contributed by atoms with van der Waals surface area (Å²) in [6, 6.07) is 6.63. The standard InChI is InChI=1S/C13H11NO5S/c1-14-12(17)10(20-13(14)18)6-8-3-2-4-9(5-8)19-7-11(15)16/h2-6H,7H2,1H3,(H,15,16)/b10-6+. The van der Waals surface area contributed by atoms with Crippen LogP contribution < -0.4 is 4.74 Å². The highest BCUT2D eigenvalue weighted by Gasteiger charge is 2.31. The monoisotopic (exact) mass is 293 g/mol. The molecule has 0 unspecified atom stereocenters. The van der Waals surface area contributed by atoms with Crippen molar-refractivity contribution >= 4 is 35.0 Å². The third-order valence-electron chi connectivity index (χ3n) is 2.50. The minimum Gasteiger partial charge on any atom is -0.482 e. The van der Waals surface area contributed by atoms with Crippen LogP contribution in [0.15, 0.2) is 29.2 Å². The van der Waals surface area contributed by atoms with E-state index in [0.717, 1.165) is 16.7 Å². The molecule has 7 heteroatoms. The number of hydrogen-bond donors (Lipinski definition) is 1. The number of aliphatic carboxylic acids is 1. The molecule has 2 rings (SSSR count). The van der Waals surface area contributed by atoms with Gasteiger partial charge in [-0.2, -0.15) is 0 Å². The third-order valence-corrected chi connectivity index (χ3v) is 3.47. The maximum absolute atomic E-state index is 11.7. The summed E-state index contributed by atoms with van der Waals surface area (Å²) in [5.74, 6) is -1.03. The van der Waals surface area contributed by atoms with Crippen molar-refractivity contribution < 1.29 is 24.2 Å². The van der Waals surface area contributed by atoms with Gasteiger partial charge in [0.15, 0.2) is 6.61 Å². The minimum absolute atomic E-state index is 0.320. The summed E-state index contributed by atoms with van der Waals surface area (Å²) in [4.78, 5) is 34.9. The van der Waals surface area contributed by atoms with Crippen LogP contribution in [0.2, 0.25) is 0 Å². The van der Waals surface area contributed by atoms with Crippen LogP contribution in [0, 0.1) is 0 Å². The Morgan fingerprint density at radius 3 is 2.80 bits per heavy atom. The maximum atomic E-state index is 11.7. The first-order valence-electron chi connectivity index (χ1n) is 5.63. The number of benzene rings is 1. The zero-order chi connectivity index (χ0) is 14.7. The molecule has 1 aromatic carbocycles. The molecule has 0 radical (unpaired) electrons. The van der Waals surface area contributed by atoms with Crippen LogP contribution in [-0.4, -0.2) is 40.8 Å².